The molecule has 1 amide bonds. The molecule has 3 nitrogen and oxygen atoms in total. The summed E-state index contributed by atoms with van der Waals surface area (Å²) in [5.41, 5.74) is 2.86. The summed E-state index contributed by atoms with van der Waals surface area (Å²) in [4.78, 5) is 14.4. The van der Waals surface area contributed by atoms with Gasteiger partial charge in [0.25, 0.3) is 0 Å². The van der Waals surface area contributed by atoms with Crippen molar-refractivity contribution in [2.45, 2.75) is 31.6 Å². The van der Waals surface area contributed by atoms with Crippen molar-refractivity contribution < 1.29 is 4.79 Å². The fourth-order valence-electron chi connectivity index (χ4n) is 3.32. The van der Waals surface area contributed by atoms with Crippen LogP contribution >= 0.6 is 0 Å². The van der Waals surface area contributed by atoms with E-state index in [2.05, 4.69) is 29.6 Å². The van der Waals surface area contributed by atoms with Crippen LogP contribution in [0.1, 0.15) is 36.3 Å². The standard InChI is InChI=1S/C16H22N2O/c19-16(18-10-8-17-9-11-18)12-14-6-3-5-13-4-1-2-7-15(13)14/h1-2,4,7,14,17H,3,5-6,8-12H2. The summed E-state index contributed by atoms with van der Waals surface area (Å²) >= 11 is 0. The fourth-order valence-corrected chi connectivity index (χ4v) is 3.32. The number of carbonyl (C=O) groups is 1. The van der Waals surface area contributed by atoms with Crippen LogP contribution in [-0.4, -0.2) is 37.0 Å². The van der Waals surface area contributed by atoms with E-state index >= 15 is 0 Å². The van der Waals surface area contributed by atoms with Crippen molar-refractivity contribution in [3.05, 3.63) is 35.4 Å². The number of rotatable bonds is 2. The lowest BCUT2D eigenvalue weighted by Gasteiger charge is -2.31. The van der Waals surface area contributed by atoms with Gasteiger partial charge in [0.2, 0.25) is 5.91 Å². The van der Waals surface area contributed by atoms with Crippen molar-refractivity contribution in [3.63, 3.8) is 0 Å². The van der Waals surface area contributed by atoms with Crippen LogP contribution in [0.2, 0.25) is 0 Å². The van der Waals surface area contributed by atoms with Gasteiger partial charge in [0.15, 0.2) is 0 Å². The highest BCUT2D eigenvalue weighted by Gasteiger charge is 2.25. The number of benzene rings is 1. The van der Waals surface area contributed by atoms with Crippen LogP contribution in [0.5, 0.6) is 0 Å². The zero-order valence-corrected chi connectivity index (χ0v) is 11.4. The molecule has 1 aromatic rings. The lowest BCUT2D eigenvalue weighted by atomic mass is 9.81. The second-order valence-corrected chi connectivity index (χ2v) is 5.62. The quantitative estimate of drug-likeness (QED) is 0.879. The molecule has 0 bridgehead atoms. The summed E-state index contributed by atoms with van der Waals surface area (Å²) < 4.78 is 0. The van der Waals surface area contributed by atoms with Crippen LogP contribution in [-0.2, 0) is 11.2 Å². The molecule has 0 spiro atoms. The van der Waals surface area contributed by atoms with Gasteiger partial charge in [0.1, 0.15) is 0 Å². The van der Waals surface area contributed by atoms with Gasteiger partial charge < -0.3 is 10.2 Å². The minimum atomic E-state index is 0.336. The molecule has 1 unspecified atom stereocenters. The van der Waals surface area contributed by atoms with Crippen LogP contribution in [0.25, 0.3) is 0 Å². The minimum absolute atomic E-state index is 0.336. The third kappa shape index (κ3) is 2.81. The predicted octanol–water partition coefficient (Wildman–Crippen LogP) is 1.93. The Bertz CT molecular complexity index is 452. The molecule has 0 saturated carbocycles. The first-order chi connectivity index (χ1) is 9.34. The zero-order chi connectivity index (χ0) is 13.1. The number of nitrogens with zero attached hydrogens (tertiary/aromatic N) is 1. The van der Waals surface area contributed by atoms with Crippen LogP contribution in [0.4, 0.5) is 0 Å². The first kappa shape index (κ1) is 12.7. The van der Waals surface area contributed by atoms with E-state index in [1.807, 2.05) is 4.90 Å². The first-order valence-corrected chi connectivity index (χ1v) is 7.41. The van der Waals surface area contributed by atoms with Gasteiger partial charge in [-0.25, -0.2) is 0 Å². The third-order valence-corrected chi connectivity index (χ3v) is 4.38. The Hall–Kier alpha value is -1.35. The number of aryl methyl sites for hydroxylation is 1. The molecule has 1 fully saturated rings. The Balaban J connectivity index is 1.68. The van der Waals surface area contributed by atoms with E-state index in [0.29, 0.717) is 18.2 Å². The number of carbonyl (C=O) groups excluding carboxylic acids is 1. The maximum atomic E-state index is 12.4. The lowest BCUT2D eigenvalue weighted by Crippen LogP contribution is -2.46. The molecule has 1 aliphatic heterocycles. The van der Waals surface area contributed by atoms with E-state index in [1.54, 1.807) is 0 Å². The molecule has 0 radical (unpaired) electrons. The van der Waals surface area contributed by atoms with Crippen molar-refractivity contribution in [3.8, 4) is 0 Å². The highest BCUT2D eigenvalue weighted by molar-refractivity contribution is 5.77. The maximum Gasteiger partial charge on any atom is 0.223 e. The smallest absolute Gasteiger partial charge is 0.223 e. The van der Waals surface area contributed by atoms with Crippen molar-refractivity contribution in [2.75, 3.05) is 26.2 Å². The topological polar surface area (TPSA) is 32.3 Å². The van der Waals surface area contributed by atoms with Gasteiger partial charge in [-0.15, -0.1) is 0 Å². The summed E-state index contributed by atoms with van der Waals surface area (Å²) in [5.74, 6) is 0.774. The second-order valence-electron chi connectivity index (χ2n) is 5.62. The molecular formula is C16H22N2O. The molecule has 1 atom stereocenters. The van der Waals surface area contributed by atoms with E-state index in [9.17, 15) is 4.79 Å². The van der Waals surface area contributed by atoms with Gasteiger partial charge in [-0.05, 0) is 36.3 Å². The predicted molar refractivity (Wildman–Crippen MR) is 76.2 cm³/mol. The van der Waals surface area contributed by atoms with Crippen molar-refractivity contribution in [1.29, 1.82) is 0 Å². The molecule has 102 valence electrons. The molecule has 2 aliphatic rings. The van der Waals surface area contributed by atoms with Crippen molar-refractivity contribution in [1.82, 2.24) is 10.2 Å². The van der Waals surface area contributed by atoms with E-state index in [1.165, 1.54) is 24.0 Å². The van der Waals surface area contributed by atoms with Gasteiger partial charge >= 0.3 is 0 Å². The zero-order valence-electron chi connectivity index (χ0n) is 11.4. The number of amides is 1. The monoisotopic (exact) mass is 258 g/mol. The normalized spacial score (nSPS) is 22.9. The second kappa shape index (κ2) is 5.74. The fraction of sp³-hybridized carbons (Fsp3) is 0.562. The summed E-state index contributed by atoms with van der Waals surface area (Å²) in [6.45, 7) is 3.61. The molecule has 1 saturated heterocycles. The van der Waals surface area contributed by atoms with E-state index in [4.69, 9.17) is 0 Å². The number of hydrogen-bond donors (Lipinski definition) is 1. The Morgan fingerprint density at radius 2 is 2.05 bits per heavy atom. The van der Waals surface area contributed by atoms with Crippen LogP contribution < -0.4 is 5.32 Å². The van der Waals surface area contributed by atoms with Crippen LogP contribution in [0, 0.1) is 0 Å². The van der Waals surface area contributed by atoms with Gasteiger partial charge in [-0.3, -0.25) is 4.79 Å². The molecule has 1 N–H and O–H groups in total. The largest absolute Gasteiger partial charge is 0.340 e. The number of hydrogen-bond acceptors (Lipinski definition) is 2. The summed E-state index contributed by atoms with van der Waals surface area (Å²) in [5, 5.41) is 3.29. The minimum Gasteiger partial charge on any atom is -0.340 e. The molecule has 1 aromatic carbocycles. The summed E-state index contributed by atoms with van der Waals surface area (Å²) in [6, 6.07) is 8.65. The summed E-state index contributed by atoms with van der Waals surface area (Å²) in [6.07, 6.45) is 4.25. The number of nitrogens with one attached hydrogen (secondary N) is 1. The van der Waals surface area contributed by atoms with Gasteiger partial charge in [-0.1, -0.05) is 24.3 Å². The Morgan fingerprint density at radius 1 is 1.26 bits per heavy atom. The van der Waals surface area contributed by atoms with E-state index in [-0.39, 0.29) is 0 Å². The lowest BCUT2D eigenvalue weighted by molar-refractivity contribution is -0.132. The molecule has 1 heterocycles. The molecule has 3 heteroatoms. The maximum absolute atomic E-state index is 12.4. The third-order valence-electron chi connectivity index (χ3n) is 4.38. The molecule has 1 aliphatic carbocycles. The van der Waals surface area contributed by atoms with Gasteiger partial charge in [-0.2, -0.15) is 0 Å². The van der Waals surface area contributed by atoms with Crippen molar-refractivity contribution in [2.24, 2.45) is 0 Å². The average Bonchev–Trinajstić information content (AvgIpc) is 2.48. The number of piperazine rings is 1. The highest BCUT2D eigenvalue weighted by atomic mass is 16.2. The van der Waals surface area contributed by atoms with Crippen LogP contribution in [0.15, 0.2) is 24.3 Å². The van der Waals surface area contributed by atoms with Crippen molar-refractivity contribution >= 4 is 5.91 Å². The SMILES string of the molecule is O=C(CC1CCCc2ccccc21)N1CCNCC1. The van der Waals surface area contributed by atoms with Gasteiger partial charge in [0.05, 0.1) is 0 Å². The molecular weight excluding hydrogens is 236 g/mol. The van der Waals surface area contributed by atoms with Gasteiger partial charge in [0, 0.05) is 32.6 Å². The van der Waals surface area contributed by atoms with E-state index < -0.39 is 0 Å². The average molecular weight is 258 g/mol. The molecule has 19 heavy (non-hydrogen) atoms. The Morgan fingerprint density at radius 3 is 2.89 bits per heavy atom. The van der Waals surface area contributed by atoms with Crippen LogP contribution in [0.3, 0.4) is 0 Å². The highest BCUT2D eigenvalue weighted by Crippen LogP contribution is 2.34. The van der Waals surface area contributed by atoms with E-state index in [0.717, 1.165) is 32.6 Å². The molecule has 3 rings (SSSR count). The first-order valence-electron chi connectivity index (χ1n) is 7.41. The Labute approximate surface area is 115 Å². The summed E-state index contributed by atoms with van der Waals surface area (Å²) in [7, 11) is 0. The molecule has 0 aromatic heterocycles. The Kier molecular flexibility index (Phi) is 3.83. The number of fused-ring (bicyclic) bond motifs is 1.